The Bertz CT molecular complexity index is 18.9. The summed E-state index contributed by atoms with van der Waals surface area (Å²) in [6.45, 7) is 4.43. The van der Waals surface area contributed by atoms with Gasteiger partial charge in [-0.15, -0.1) is 0 Å². The number of hydrogen-bond acceptors (Lipinski definition) is 0. The fourth-order valence-electron chi connectivity index (χ4n) is 0. The van der Waals surface area contributed by atoms with Crippen LogP contribution in [0.15, 0.2) is 0 Å². The van der Waals surface area contributed by atoms with E-state index >= 15 is 0 Å². The molecule has 0 aromatic carbocycles. The largest absolute Gasteiger partial charge is 0.0738 e. The molecular formula is C3H8Si2. The average molecular weight is 100 g/mol. The van der Waals surface area contributed by atoms with Gasteiger partial charge in [0.1, 0.15) is 0 Å². The van der Waals surface area contributed by atoms with Gasteiger partial charge in [0.25, 0.3) is 0 Å². The predicted molar refractivity (Wildman–Crippen MR) is 27.9 cm³/mol. The van der Waals surface area contributed by atoms with Crippen molar-refractivity contribution in [3.63, 3.8) is 0 Å². The summed E-state index contributed by atoms with van der Waals surface area (Å²) in [5, 5.41) is 0. The molecule has 0 heterocycles. The zero-order valence-electron chi connectivity index (χ0n) is 3.71. The van der Waals surface area contributed by atoms with E-state index in [1.54, 1.807) is 0 Å². The summed E-state index contributed by atoms with van der Waals surface area (Å²) in [7, 11) is 3.45. The zero-order valence-corrected chi connectivity index (χ0v) is 5.71. The van der Waals surface area contributed by atoms with Crippen LogP contribution in [0.2, 0.25) is 12.6 Å². The summed E-state index contributed by atoms with van der Waals surface area (Å²) in [6, 6.07) is 1.32. The highest BCUT2D eigenvalue weighted by Gasteiger charge is 1.83. The highest BCUT2D eigenvalue weighted by molar-refractivity contribution is 7.02. The molecule has 28 valence electrons. The minimum Gasteiger partial charge on any atom is -0.0738 e. The number of rotatable bonds is 1. The van der Waals surface area contributed by atoms with Gasteiger partial charge in [0.15, 0.2) is 0 Å². The van der Waals surface area contributed by atoms with E-state index in [-0.39, 0.29) is 8.31 Å². The van der Waals surface area contributed by atoms with Gasteiger partial charge in [-0.05, 0) is 0 Å². The predicted octanol–water partition coefficient (Wildman–Crippen LogP) is 0.796. The van der Waals surface area contributed by atoms with E-state index in [1.165, 1.54) is 6.04 Å². The van der Waals surface area contributed by atoms with Crippen molar-refractivity contribution in [1.82, 2.24) is 0 Å². The lowest BCUT2D eigenvalue weighted by molar-refractivity contribution is 1.44. The van der Waals surface area contributed by atoms with E-state index in [0.717, 1.165) is 0 Å². The van der Waals surface area contributed by atoms with Crippen molar-refractivity contribution in [2.45, 2.75) is 19.5 Å². The quantitative estimate of drug-likeness (QED) is 0.427. The zero-order chi connectivity index (χ0) is 4.28. The van der Waals surface area contributed by atoms with Crippen LogP contribution in [0.4, 0.5) is 0 Å². The molecule has 0 nitrogen and oxygen atoms in total. The molecule has 0 aliphatic heterocycles. The Kier molecular flexibility index (Phi) is 2.89. The van der Waals surface area contributed by atoms with Gasteiger partial charge in [-0.3, -0.25) is 0 Å². The Morgan fingerprint density at radius 3 is 2.00 bits per heavy atom. The molecular weight excluding hydrogens is 92.2 g/mol. The molecule has 0 unspecified atom stereocenters. The highest BCUT2D eigenvalue weighted by Crippen LogP contribution is 1.78. The fourth-order valence-corrected chi connectivity index (χ4v) is 0. The van der Waals surface area contributed by atoms with Crippen LogP contribution >= 0.6 is 0 Å². The van der Waals surface area contributed by atoms with E-state index < -0.39 is 0 Å². The molecule has 0 aliphatic carbocycles. The SMILES string of the molecule is CC[Si](C)[Si]. The maximum Gasteiger partial charge on any atom is 0.0268 e. The molecule has 0 saturated heterocycles. The molecule has 0 fully saturated rings. The van der Waals surface area contributed by atoms with Crippen LogP contribution in [0.3, 0.4) is 0 Å². The third-order valence-electron chi connectivity index (χ3n) is 0.530. The maximum absolute atomic E-state index is 3.52. The standard InChI is InChI=1S/C3H8Si2/c1-3-5(2)4/h3H2,1-2H3. The minimum absolute atomic E-state index is 0.0684. The van der Waals surface area contributed by atoms with Crippen LogP contribution in [-0.2, 0) is 0 Å². The molecule has 0 saturated carbocycles. The monoisotopic (exact) mass is 100 g/mol. The van der Waals surface area contributed by atoms with Crippen molar-refractivity contribution in [3.8, 4) is 0 Å². The molecule has 0 spiro atoms. The number of hydrogen-bond donors (Lipinski definition) is 0. The van der Waals surface area contributed by atoms with Crippen molar-refractivity contribution < 1.29 is 0 Å². The van der Waals surface area contributed by atoms with E-state index in [1.807, 2.05) is 0 Å². The van der Waals surface area contributed by atoms with Crippen molar-refractivity contribution in [3.05, 3.63) is 0 Å². The molecule has 0 atom stereocenters. The third-order valence-corrected chi connectivity index (χ3v) is 2.65. The van der Waals surface area contributed by atoms with E-state index in [4.69, 9.17) is 0 Å². The lowest BCUT2D eigenvalue weighted by Gasteiger charge is -1.87. The Hall–Kier alpha value is 0.434. The first-order chi connectivity index (χ1) is 2.27. The van der Waals surface area contributed by atoms with Crippen molar-refractivity contribution >= 4 is 18.1 Å². The van der Waals surface area contributed by atoms with Crippen LogP contribution in [-0.4, -0.2) is 18.1 Å². The lowest BCUT2D eigenvalue weighted by Crippen LogP contribution is -2.01. The molecule has 0 amide bonds. The molecule has 0 rings (SSSR count). The van der Waals surface area contributed by atoms with E-state index in [9.17, 15) is 0 Å². The van der Waals surface area contributed by atoms with Gasteiger partial charge in [0, 0.05) is 18.1 Å². The first kappa shape index (κ1) is 5.43. The van der Waals surface area contributed by atoms with Gasteiger partial charge >= 0.3 is 0 Å². The second-order valence-electron chi connectivity index (χ2n) is 1.13. The molecule has 5 heavy (non-hydrogen) atoms. The average Bonchev–Trinajstić information content (AvgIpc) is 1.38. The van der Waals surface area contributed by atoms with E-state index in [0.29, 0.717) is 0 Å². The van der Waals surface area contributed by atoms with Crippen molar-refractivity contribution in [2.75, 3.05) is 0 Å². The van der Waals surface area contributed by atoms with Crippen LogP contribution in [0.25, 0.3) is 0 Å². The summed E-state index contributed by atoms with van der Waals surface area (Å²) >= 11 is 0. The summed E-state index contributed by atoms with van der Waals surface area (Å²) < 4.78 is 0. The topological polar surface area (TPSA) is 0 Å². The van der Waals surface area contributed by atoms with Crippen molar-refractivity contribution in [2.24, 2.45) is 0 Å². The van der Waals surface area contributed by atoms with Gasteiger partial charge in [0.2, 0.25) is 0 Å². The molecule has 4 radical (unpaired) electrons. The van der Waals surface area contributed by atoms with Gasteiger partial charge in [-0.1, -0.05) is 19.5 Å². The van der Waals surface area contributed by atoms with Gasteiger partial charge in [-0.25, -0.2) is 0 Å². The first-order valence-corrected chi connectivity index (χ1v) is 5.52. The van der Waals surface area contributed by atoms with Crippen LogP contribution in [0, 0.1) is 0 Å². The molecule has 0 aromatic rings. The Morgan fingerprint density at radius 2 is 2.00 bits per heavy atom. The lowest BCUT2D eigenvalue weighted by atomic mass is 11.0. The van der Waals surface area contributed by atoms with Crippen LogP contribution in [0.5, 0.6) is 0 Å². The second kappa shape index (κ2) is 2.66. The third kappa shape index (κ3) is 4.43. The Morgan fingerprint density at radius 1 is 1.80 bits per heavy atom. The van der Waals surface area contributed by atoms with Gasteiger partial charge in [0.05, 0.1) is 0 Å². The Balaban J connectivity index is 2.54. The van der Waals surface area contributed by atoms with Gasteiger partial charge < -0.3 is 0 Å². The van der Waals surface area contributed by atoms with Crippen LogP contribution < -0.4 is 0 Å². The first-order valence-electron chi connectivity index (χ1n) is 1.81. The molecule has 0 aliphatic rings. The highest BCUT2D eigenvalue weighted by atomic mass is 29.1. The molecule has 0 bridgehead atoms. The van der Waals surface area contributed by atoms with Gasteiger partial charge in [-0.2, -0.15) is 0 Å². The summed E-state index contributed by atoms with van der Waals surface area (Å²) in [4.78, 5) is 0. The molecule has 0 N–H and O–H groups in total. The van der Waals surface area contributed by atoms with Crippen LogP contribution in [0.1, 0.15) is 6.92 Å². The summed E-state index contributed by atoms with van der Waals surface area (Å²) in [6.07, 6.45) is 0. The second-order valence-corrected chi connectivity index (χ2v) is 5.96. The summed E-state index contributed by atoms with van der Waals surface area (Å²) in [5.41, 5.74) is 0. The minimum atomic E-state index is -0.0684. The normalized spacial score (nSPS) is 9.60. The smallest absolute Gasteiger partial charge is 0.0268 e. The summed E-state index contributed by atoms with van der Waals surface area (Å²) in [5.74, 6) is 0. The Labute approximate surface area is 38.4 Å². The molecule has 0 aromatic heterocycles. The van der Waals surface area contributed by atoms with Crippen molar-refractivity contribution in [1.29, 1.82) is 0 Å². The molecule has 2 heteroatoms. The van der Waals surface area contributed by atoms with E-state index in [2.05, 4.69) is 23.2 Å². The fraction of sp³-hybridized carbons (Fsp3) is 1.00. The maximum atomic E-state index is 3.52.